The molecule has 0 atom stereocenters. The molecule has 0 radical (unpaired) electrons. The summed E-state index contributed by atoms with van der Waals surface area (Å²) in [5.74, 6) is -0.121. The molecule has 7 aromatic rings. The van der Waals surface area contributed by atoms with Crippen LogP contribution in [-0.2, 0) is 60.5 Å². The van der Waals surface area contributed by atoms with Gasteiger partial charge in [-0.15, -0.1) is 0 Å². The molecule has 75 heavy (non-hydrogen) atoms. The summed E-state index contributed by atoms with van der Waals surface area (Å²) in [5.41, 5.74) is 1.57. The normalized spacial score (nSPS) is 12.7. The number of aromatic nitrogens is 3. The molecule has 0 amide bonds. The molecule has 0 fully saturated rings. The Balaban J connectivity index is 0.973. The third-order valence-corrected chi connectivity index (χ3v) is 16.2. The molecule has 0 spiro atoms. The number of anilines is 6. The maximum Gasteiger partial charge on any atom is 0.320 e. The Labute approximate surface area is 426 Å². The van der Waals surface area contributed by atoms with E-state index in [4.69, 9.17) is 0 Å². The van der Waals surface area contributed by atoms with Gasteiger partial charge in [0, 0.05) is 11.4 Å². The van der Waals surface area contributed by atoms with Gasteiger partial charge in [-0.25, -0.2) is 16.8 Å². The molecular formula is C41H35N11O17S6. The third-order valence-electron chi connectivity index (χ3n) is 9.91. The maximum atomic E-state index is 13.1. The number of aryl methyl sites for hydroxylation is 2. The van der Waals surface area contributed by atoms with E-state index < -0.39 is 107 Å². The van der Waals surface area contributed by atoms with E-state index in [0.29, 0.717) is 70.3 Å². The summed E-state index contributed by atoms with van der Waals surface area (Å²) in [6, 6.07) is 22.1. The molecule has 1 heterocycles. The highest BCUT2D eigenvalue weighted by molar-refractivity contribution is 7.93. The van der Waals surface area contributed by atoms with Crippen molar-refractivity contribution in [2.45, 2.75) is 43.2 Å². The van der Waals surface area contributed by atoms with Crippen molar-refractivity contribution >= 4 is 118 Å². The summed E-state index contributed by atoms with van der Waals surface area (Å²) in [5, 5.41) is 32.9. The lowest BCUT2D eigenvalue weighted by atomic mass is 10.2. The molecule has 0 aliphatic heterocycles. The van der Waals surface area contributed by atoms with Gasteiger partial charge in [0.05, 0.1) is 53.7 Å². The molecule has 0 aliphatic rings. The van der Waals surface area contributed by atoms with Crippen molar-refractivity contribution in [3.05, 3.63) is 132 Å². The Morgan fingerprint density at radius 1 is 0.400 bits per heavy atom. The maximum absolute atomic E-state index is 13.1. The quantitative estimate of drug-likeness (QED) is 0.0305. The van der Waals surface area contributed by atoms with E-state index >= 15 is 0 Å². The molecule has 7 rings (SSSR count). The molecule has 0 saturated heterocycles. The predicted octanol–water partition coefficient (Wildman–Crippen LogP) is 7.10. The first-order valence-corrected chi connectivity index (χ1v) is 29.0. The fourth-order valence-electron chi connectivity index (χ4n) is 6.39. The van der Waals surface area contributed by atoms with Gasteiger partial charge in [0.2, 0.25) is 11.9 Å². The molecule has 0 aliphatic carbocycles. The Bertz CT molecular complexity index is 3920. The molecule has 28 nitrogen and oxygen atoms in total. The van der Waals surface area contributed by atoms with E-state index in [-0.39, 0.29) is 23.3 Å². The minimum atomic E-state index is -5.04. The van der Waals surface area contributed by atoms with Crippen LogP contribution in [0.5, 0.6) is 6.01 Å². The average molecular weight is 1150 g/mol. The van der Waals surface area contributed by atoms with E-state index in [9.17, 15) is 73.8 Å². The van der Waals surface area contributed by atoms with Gasteiger partial charge in [0.1, 0.15) is 9.79 Å². The van der Waals surface area contributed by atoms with Gasteiger partial charge in [0.15, 0.2) is 0 Å². The van der Waals surface area contributed by atoms with Crippen LogP contribution < -0.4 is 20.1 Å². The molecule has 9 N–H and O–H groups in total. The highest BCUT2D eigenvalue weighted by Gasteiger charge is 2.26. The Kier molecular flexibility index (Phi) is 15.2. The van der Waals surface area contributed by atoms with Crippen molar-refractivity contribution in [1.29, 1.82) is 0 Å². The molecule has 392 valence electrons. The van der Waals surface area contributed by atoms with Crippen molar-refractivity contribution in [2.24, 2.45) is 20.5 Å². The number of nitrogens with one attached hydrogen (secondary N) is 4. The molecule has 0 unspecified atom stereocenters. The molecule has 0 bridgehead atoms. The minimum Gasteiger partial charge on any atom is -0.479 e. The van der Waals surface area contributed by atoms with Crippen LogP contribution >= 0.6 is 0 Å². The van der Waals surface area contributed by atoms with Crippen LogP contribution in [0.3, 0.4) is 0 Å². The van der Waals surface area contributed by atoms with Gasteiger partial charge in [-0.1, -0.05) is 0 Å². The summed E-state index contributed by atoms with van der Waals surface area (Å²) >= 11 is 0. The van der Waals surface area contributed by atoms with Crippen molar-refractivity contribution in [3.63, 3.8) is 0 Å². The predicted molar refractivity (Wildman–Crippen MR) is 265 cm³/mol. The summed E-state index contributed by atoms with van der Waals surface area (Å²) in [6.45, 7) is 3.42. The summed E-state index contributed by atoms with van der Waals surface area (Å²) in [7, 11) is -29.0. The first-order valence-electron chi connectivity index (χ1n) is 20.3. The van der Waals surface area contributed by atoms with E-state index in [1.165, 1.54) is 24.3 Å². The lowest BCUT2D eigenvalue weighted by Crippen LogP contribution is -2.16. The largest absolute Gasteiger partial charge is 0.479 e. The van der Waals surface area contributed by atoms with Gasteiger partial charge in [-0.3, -0.25) is 27.7 Å². The van der Waals surface area contributed by atoms with E-state index in [1.807, 2.05) is 9.44 Å². The van der Waals surface area contributed by atoms with Crippen molar-refractivity contribution in [3.8, 4) is 6.01 Å². The highest BCUT2D eigenvalue weighted by atomic mass is 32.2. The number of nitrogens with zero attached hydrogens (tertiary/aromatic N) is 7. The summed E-state index contributed by atoms with van der Waals surface area (Å²) in [4.78, 5) is 7.67. The fraction of sp³-hybridized carbons (Fsp3) is 0.0488. The number of hydrogen-bond acceptors (Lipinski definition) is 22. The van der Waals surface area contributed by atoms with Crippen LogP contribution in [0.4, 0.5) is 57.4 Å². The zero-order valence-electron chi connectivity index (χ0n) is 37.8. The van der Waals surface area contributed by atoms with Gasteiger partial charge >= 0.3 is 6.01 Å². The zero-order chi connectivity index (χ0) is 54.9. The average Bonchev–Trinajstić information content (AvgIpc) is 3.29. The fourth-order valence-corrected chi connectivity index (χ4v) is 10.9. The second kappa shape index (κ2) is 20.8. The van der Waals surface area contributed by atoms with Crippen LogP contribution in [0.2, 0.25) is 0 Å². The van der Waals surface area contributed by atoms with Crippen molar-refractivity contribution in [2.75, 3.05) is 20.1 Å². The topological polar surface area (TPSA) is 442 Å². The second-order valence-electron chi connectivity index (χ2n) is 15.4. The van der Waals surface area contributed by atoms with Gasteiger partial charge < -0.3 is 15.7 Å². The minimum absolute atomic E-state index is 0.0606. The number of aromatic hydroxyl groups is 1. The van der Waals surface area contributed by atoms with Gasteiger partial charge in [-0.05, 0) is 146 Å². The Morgan fingerprint density at radius 3 is 1.07 bits per heavy atom. The molecule has 1 aromatic heterocycles. The monoisotopic (exact) mass is 1150 g/mol. The third kappa shape index (κ3) is 13.8. The Hall–Kier alpha value is -7.93. The second-order valence-corrected chi connectivity index (χ2v) is 24.3. The number of benzene rings is 6. The smallest absolute Gasteiger partial charge is 0.320 e. The lowest BCUT2D eigenvalue weighted by molar-refractivity contribution is 0.430. The first kappa shape index (κ1) is 54.8. The zero-order valence-corrected chi connectivity index (χ0v) is 42.7. The van der Waals surface area contributed by atoms with Crippen LogP contribution in [0.25, 0.3) is 0 Å². The summed E-state index contributed by atoms with van der Waals surface area (Å²) < 4.78 is 188. The number of azo groups is 2. The van der Waals surface area contributed by atoms with Crippen LogP contribution in [0, 0.1) is 13.8 Å². The van der Waals surface area contributed by atoms with E-state index in [1.54, 1.807) is 50.2 Å². The number of sulfonamides is 2. The number of rotatable bonds is 18. The van der Waals surface area contributed by atoms with Crippen LogP contribution in [-0.4, -0.2) is 88.8 Å². The van der Waals surface area contributed by atoms with E-state index in [2.05, 4.69) is 46.0 Å². The van der Waals surface area contributed by atoms with Crippen LogP contribution in [0.1, 0.15) is 11.1 Å². The first-order chi connectivity index (χ1) is 34.8. The number of hydrogen-bond donors (Lipinski definition) is 9. The summed E-state index contributed by atoms with van der Waals surface area (Å²) in [6.07, 6.45) is 0. The van der Waals surface area contributed by atoms with Crippen LogP contribution in [0.15, 0.2) is 171 Å². The SMILES string of the molecule is Cc1cc(Nc2nc(O)nc(Nc3ccc(N=Nc4ccc(S(=O)(=O)Nc5cc(S(=O)(=O)O)ccc5S(=O)(=O)O)cc4)c(C)c3)n2)ccc1N=Nc1ccc(S(=O)(=O)Nc2cc(S(=O)(=O)O)ccc2S(=O)(=O)O)cc1. The molecule has 6 aromatic carbocycles. The van der Waals surface area contributed by atoms with Crippen molar-refractivity contribution in [1.82, 2.24) is 15.0 Å². The molecular weight excluding hydrogens is 1110 g/mol. The standard InChI is InChI=1S/C41H35N11O17S6/c1-23-19-27(7-15-33(23)49-47-25-3-9-29(10-4-25)70(54,55)51-35-21-31(72(58,59)60)13-17-37(35)74(64,65)66)42-39-44-40(46-41(53)45-39)43-28-8-16-34(24(2)20-28)50-48-26-5-11-30(12-6-26)71(56,57)52-36-22-32(73(61,62)63)14-18-38(36)75(67,68)69/h3-22,51-52H,1-2H3,(H,58,59,60)(H,61,62,63)(H,64,65,66)(H,67,68,69)(H3,42,43,44,45,46,53). The molecule has 34 heteroatoms. The Morgan fingerprint density at radius 2 is 0.747 bits per heavy atom. The highest BCUT2D eigenvalue weighted by Crippen LogP contribution is 2.33. The van der Waals surface area contributed by atoms with Crippen molar-refractivity contribution < 1.29 is 73.8 Å². The van der Waals surface area contributed by atoms with E-state index in [0.717, 1.165) is 24.3 Å². The molecule has 0 saturated carbocycles. The van der Waals surface area contributed by atoms with Gasteiger partial charge in [-0.2, -0.15) is 69.1 Å². The van der Waals surface area contributed by atoms with Gasteiger partial charge in [0.25, 0.3) is 60.5 Å². The lowest BCUT2D eigenvalue weighted by Gasteiger charge is -2.12.